The van der Waals surface area contributed by atoms with Crippen LogP contribution in [0.2, 0.25) is 0 Å². The number of hydrogen-bond acceptors (Lipinski definition) is 3. The van der Waals surface area contributed by atoms with Crippen molar-refractivity contribution in [1.29, 1.82) is 0 Å². The highest BCUT2D eigenvalue weighted by atomic mass is 79.9. The normalized spacial score (nSPS) is 12.7. The van der Waals surface area contributed by atoms with E-state index in [1.807, 2.05) is 0 Å². The van der Waals surface area contributed by atoms with Gasteiger partial charge >= 0.3 is 0 Å². The van der Waals surface area contributed by atoms with Crippen LogP contribution in [0.4, 0.5) is 0 Å². The average molecular weight is 301 g/mol. The molecule has 1 aromatic carbocycles. The van der Waals surface area contributed by atoms with Crippen LogP contribution in [0, 0.1) is 6.92 Å². The number of aliphatic hydroxyl groups is 1. The monoisotopic (exact) mass is 300 g/mol. The van der Waals surface area contributed by atoms with Crippen LogP contribution in [0.5, 0.6) is 0 Å². The summed E-state index contributed by atoms with van der Waals surface area (Å²) >= 11 is 3.49. The molecule has 0 aliphatic rings. The van der Waals surface area contributed by atoms with Crippen molar-refractivity contribution in [2.24, 2.45) is 5.73 Å². The summed E-state index contributed by atoms with van der Waals surface area (Å²) < 4.78 is 1.12. The van der Waals surface area contributed by atoms with Gasteiger partial charge in [0.1, 0.15) is 0 Å². The zero-order chi connectivity index (χ0) is 12.7. The van der Waals surface area contributed by atoms with Gasteiger partial charge < -0.3 is 16.2 Å². The van der Waals surface area contributed by atoms with E-state index >= 15 is 0 Å². The van der Waals surface area contributed by atoms with E-state index in [9.17, 15) is 0 Å². The smallest absolute Gasteiger partial charge is 0.0444 e. The topological polar surface area (TPSA) is 58.3 Å². The minimum Gasteiger partial charge on any atom is -0.396 e. The second-order valence-electron chi connectivity index (χ2n) is 4.18. The number of aliphatic hydroxyl groups excluding tert-OH is 1. The summed E-state index contributed by atoms with van der Waals surface area (Å²) in [7, 11) is 0. The van der Waals surface area contributed by atoms with Crippen LogP contribution in [0.25, 0.3) is 0 Å². The lowest BCUT2D eigenvalue weighted by atomic mass is 10.0. The Hall–Kier alpha value is -0.420. The molecule has 4 N–H and O–H groups in total. The number of rotatable bonds is 7. The minimum absolute atomic E-state index is 0.195. The molecule has 0 spiro atoms. The Labute approximate surface area is 112 Å². The summed E-state index contributed by atoms with van der Waals surface area (Å²) in [6.07, 6.45) is 1.81. The second kappa shape index (κ2) is 7.82. The van der Waals surface area contributed by atoms with Crippen LogP contribution in [-0.4, -0.2) is 24.8 Å². The Morgan fingerprint density at radius 2 is 2.18 bits per heavy atom. The first-order chi connectivity index (χ1) is 8.19. The van der Waals surface area contributed by atoms with Crippen molar-refractivity contribution in [3.63, 3.8) is 0 Å². The second-order valence-corrected chi connectivity index (χ2v) is 5.04. The SMILES string of the molecule is Cc1cc(C(CN)NCCCCO)ccc1Br. The standard InChI is InChI=1S/C13H21BrN2O/c1-10-8-11(4-5-12(10)14)13(9-15)16-6-2-3-7-17/h4-5,8,13,16-17H,2-3,6-7,9,15H2,1H3. The molecular weight excluding hydrogens is 280 g/mol. The van der Waals surface area contributed by atoms with Gasteiger partial charge in [0.25, 0.3) is 0 Å². The summed E-state index contributed by atoms with van der Waals surface area (Å²) in [5.74, 6) is 0. The van der Waals surface area contributed by atoms with Gasteiger partial charge in [0.05, 0.1) is 0 Å². The van der Waals surface area contributed by atoms with Crippen LogP contribution < -0.4 is 11.1 Å². The number of hydrogen-bond donors (Lipinski definition) is 3. The van der Waals surface area contributed by atoms with Crippen LogP contribution in [0.1, 0.15) is 30.0 Å². The molecule has 0 heterocycles. The lowest BCUT2D eigenvalue weighted by Gasteiger charge is -2.18. The summed E-state index contributed by atoms with van der Waals surface area (Å²) in [5, 5.41) is 12.1. The summed E-state index contributed by atoms with van der Waals surface area (Å²) in [4.78, 5) is 0. The first-order valence-corrected chi connectivity index (χ1v) is 6.78. The van der Waals surface area contributed by atoms with Crippen LogP contribution in [0.15, 0.2) is 22.7 Å². The molecule has 0 aromatic heterocycles. The van der Waals surface area contributed by atoms with Gasteiger partial charge in [0.15, 0.2) is 0 Å². The van der Waals surface area contributed by atoms with Crippen LogP contribution in [-0.2, 0) is 0 Å². The van der Waals surface area contributed by atoms with Gasteiger partial charge in [-0.1, -0.05) is 28.1 Å². The van der Waals surface area contributed by atoms with E-state index in [4.69, 9.17) is 10.8 Å². The Morgan fingerprint density at radius 3 is 2.76 bits per heavy atom. The van der Waals surface area contributed by atoms with Gasteiger partial charge in [0, 0.05) is 23.7 Å². The molecule has 0 aliphatic heterocycles. The molecule has 1 aromatic rings. The van der Waals surface area contributed by atoms with Crippen molar-refractivity contribution in [1.82, 2.24) is 5.32 Å². The third kappa shape index (κ3) is 4.76. The highest BCUT2D eigenvalue weighted by Crippen LogP contribution is 2.20. The molecule has 0 bridgehead atoms. The van der Waals surface area contributed by atoms with E-state index in [1.165, 1.54) is 11.1 Å². The van der Waals surface area contributed by atoms with Gasteiger partial charge in [-0.3, -0.25) is 0 Å². The average Bonchev–Trinajstić information content (AvgIpc) is 2.33. The van der Waals surface area contributed by atoms with E-state index in [2.05, 4.69) is 46.4 Å². The molecule has 0 amide bonds. The summed E-state index contributed by atoms with van der Waals surface area (Å²) in [6, 6.07) is 6.50. The van der Waals surface area contributed by atoms with Crippen molar-refractivity contribution in [2.45, 2.75) is 25.8 Å². The van der Waals surface area contributed by atoms with E-state index in [-0.39, 0.29) is 12.6 Å². The maximum absolute atomic E-state index is 8.71. The molecule has 0 saturated carbocycles. The third-order valence-electron chi connectivity index (χ3n) is 2.80. The number of aryl methyl sites for hydroxylation is 1. The van der Waals surface area contributed by atoms with Crippen LogP contribution >= 0.6 is 15.9 Å². The molecule has 3 nitrogen and oxygen atoms in total. The number of halogens is 1. The van der Waals surface area contributed by atoms with Gasteiger partial charge in [0.2, 0.25) is 0 Å². The summed E-state index contributed by atoms with van der Waals surface area (Å²) in [5.41, 5.74) is 8.22. The van der Waals surface area contributed by atoms with E-state index in [0.29, 0.717) is 6.54 Å². The first-order valence-electron chi connectivity index (χ1n) is 5.99. The fourth-order valence-corrected chi connectivity index (χ4v) is 1.98. The third-order valence-corrected chi connectivity index (χ3v) is 3.69. The maximum Gasteiger partial charge on any atom is 0.0444 e. The fourth-order valence-electron chi connectivity index (χ4n) is 1.74. The zero-order valence-corrected chi connectivity index (χ0v) is 11.8. The molecule has 0 aliphatic carbocycles. The Bertz CT molecular complexity index is 344. The van der Waals surface area contributed by atoms with Gasteiger partial charge in [-0.25, -0.2) is 0 Å². The molecule has 17 heavy (non-hydrogen) atoms. The van der Waals surface area contributed by atoms with Crippen molar-refractivity contribution >= 4 is 15.9 Å². The summed E-state index contributed by atoms with van der Waals surface area (Å²) in [6.45, 7) is 3.80. The molecule has 4 heteroatoms. The quantitative estimate of drug-likeness (QED) is 0.676. The minimum atomic E-state index is 0.195. The van der Waals surface area contributed by atoms with Gasteiger partial charge in [-0.05, 0) is 43.5 Å². The lowest BCUT2D eigenvalue weighted by Crippen LogP contribution is -2.29. The molecular formula is C13H21BrN2O. The Morgan fingerprint density at radius 1 is 1.41 bits per heavy atom. The van der Waals surface area contributed by atoms with Crippen molar-refractivity contribution in [3.05, 3.63) is 33.8 Å². The molecule has 0 fully saturated rings. The van der Waals surface area contributed by atoms with E-state index < -0.39 is 0 Å². The maximum atomic E-state index is 8.71. The molecule has 0 radical (unpaired) electrons. The first kappa shape index (κ1) is 14.6. The highest BCUT2D eigenvalue weighted by molar-refractivity contribution is 9.10. The predicted octanol–water partition coefficient (Wildman–Crippen LogP) is 2.12. The number of nitrogens with one attached hydrogen (secondary N) is 1. The van der Waals surface area contributed by atoms with Gasteiger partial charge in [-0.15, -0.1) is 0 Å². The van der Waals surface area contributed by atoms with Crippen molar-refractivity contribution < 1.29 is 5.11 Å². The predicted molar refractivity (Wildman–Crippen MR) is 75.0 cm³/mol. The highest BCUT2D eigenvalue weighted by Gasteiger charge is 2.09. The lowest BCUT2D eigenvalue weighted by molar-refractivity contribution is 0.282. The molecule has 1 rings (SSSR count). The Balaban J connectivity index is 2.56. The van der Waals surface area contributed by atoms with E-state index in [0.717, 1.165) is 23.9 Å². The van der Waals surface area contributed by atoms with Crippen molar-refractivity contribution in [3.8, 4) is 0 Å². The number of nitrogens with two attached hydrogens (primary N) is 1. The Kier molecular flexibility index (Phi) is 6.73. The molecule has 1 unspecified atom stereocenters. The number of benzene rings is 1. The molecule has 0 saturated heterocycles. The zero-order valence-electron chi connectivity index (χ0n) is 10.2. The number of unbranched alkanes of at least 4 members (excludes halogenated alkanes) is 1. The van der Waals surface area contributed by atoms with Crippen LogP contribution in [0.3, 0.4) is 0 Å². The largest absolute Gasteiger partial charge is 0.396 e. The molecule has 96 valence electrons. The van der Waals surface area contributed by atoms with Gasteiger partial charge in [-0.2, -0.15) is 0 Å². The fraction of sp³-hybridized carbons (Fsp3) is 0.538. The van der Waals surface area contributed by atoms with Crippen molar-refractivity contribution in [2.75, 3.05) is 19.7 Å². The van der Waals surface area contributed by atoms with E-state index in [1.54, 1.807) is 0 Å². The molecule has 1 atom stereocenters.